The first-order valence-corrected chi connectivity index (χ1v) is 7.72. The number of hydrogen-bond acceptors (Lipinski definition) is 2. The summed E-state index contributed by atoms with van der Waals surface area (Å²) in [6, 6.07) is 10.2. The second-order valence-electron chi connectivity index (χ2n) is 5.29. The second kappa shape index (κ2) is 11.1. The SMILES string of the molecule is C/C(=C\CCCCCCCOCc1ccccc1)C(=O)O. The number of hydrogen-bond donors (Lipinski definition) is 1. The number of benzene rings is 1. The Hall–Kier alpha value is -1.61. The summed E-state index contributed by atoms with van der Waals surface area (Å²) in [5.41, 5.74) is 1.67. The highest BCUT2D eigenvalue weighted by Gasteiger charge is 1.98. The zero-order valence-electron chi connectivity index (χ0n) is 12.9. The van der Waals surface area contributed by atoms with Crippen molar-refractivity contribution in [1.29, 1.82) is 0 Å². The molecule has 0 atom stereocenters. The molecule has 0 aliphatic heterocycles. The number of carboxylic acids is 1. The van der Waals surface area contributed by atoms with Gasteiger partial charge < -0.3 is 9.84 Å². The fourth-order valence-electron chi connectivity index (χ4n) is 2.05. The van der Waals surface area contributed by atoms with E-state index in [2.05, 4.69) is 12.1 Å². The highest BCUT2D eigenvalue weighted by Crippen LogP contribution is 2.08. The van der Waals surface area contributed by atoms with Gasteiger partial charge in [0.1, 0.15) is 0 Å². The van der Waals surface area contributed by atoms with E-state index in [0.717, 1.165) is 32.3 Å². The van der Waals surface area contributed by atoms with Gasteiger partial charge in [-0.2, -0.15) is 0 Å². The Bertz CT molecular complexity index is 423. The van der Waals surface area contributed by atoms with E-state index in [4.69, 9.17) is 9.84 Å². The molecule has 0 saturated carbocycles. The van der Waals surface area contributed by atoms with E-state index in [-0.39, 0.29) is 0 Å². The maximum Gasteiger partial charge on any atom is 0.330 e. The molecule has 0 spiro atoms. The van der Waals surface area contributed by atoms with Crippen LogP contribution in [0.25, 0.3) is 0 Å². The molecular formula is C18H26O3. The van der Waals surface area contributed by atoms with E-state index in [1.165, 1.54) is 18.4 Å². The molecule has 0 aliphatic rings. The monoisotopic (exact) mass is 290 g/mol. The van der Waals surface area contributed by atoms with E-state index in [0.29, 0.717) is 12.2 Å². The van der Waals surface area contributed by atoms with Crippen molar-refractivity contribution in [1.82, 2.24) is 0 Å². The molecule has 1 aromatic carbocycles. The maximum atomic E-state index is 10.6. The second-order valence-corrected chi connectivity index (χ2v) is 5.29. The van der Waals surface area contributed by atoms with E-state index >= 15 is 0 Å². The molecular weight excluding hydrogens is 264 g/mol. The van der Waals surface area contributed by atoms with Crippen LogP contribution in [0.3, 0.4) is 0 Å². The molecule has 3 nitrogen and oxygen atoms in total. The predicted molar refractivity (Wildman–Crippen MR) is 85.2 cm³/mol. The summed E-state index contributed by atoms with van der Waals surface area (Å²) in [7, 11) is 0. The molecule has 0 heterocycles. The predicted octanol–water partition coefficient (Wildman–Crippen LogP) is 4.57. The van der Waals surface area contributed by atoms with Gasteiger partial charge in [0.05, 0.1) is 6.61 Å². The number of rotatable bonds is 11. The number of ether oxygens (including phenoxy) is 1. The van der Waals surface area contributed by atoms with Gasteiger partial charge in [-0.1, -0.05) is 55.7 Å². The highest BCUT2D eigenvalue weighted by molar-refractivity contribution is 5.85. The van der Waals surface area contributed by atoms with Crippen molar-refractivity contribution in [2.24, 2.45) is 0 Å². The van der Waals surface area contributed by atoms with Crippen LogP contribution in [0.15, 0.2) is 42.0 Å². The Kier molecular flexibility index (Phi) is 9.21. The van der Waals surface area contributed by atoms with Crippen molar-refractivity contribution in [3.63, 3.8) is 0 Å². The quantitative estimate of drug-likeness (QED) is 0.479. The van der Waals surface area contributed by atoms with Crippen LogP contribution < -0.4 is 0 Å². The molecule has 116 valence electrons. The molecule has 0 bridgehead atoms. The van der Waals surface area contributed by atoms with Crippen molar-refractivity contribution in [2.75, 3.05) is 6.61 Å². The average Bonchev–Trinajstić information content (AvgIpc) is 2.49. The summed E-state index contributed by atoms with van der Waals surface area (Å²) in [6.07, 6.45) is 8.35. The van der Waals surface area contributed by atoms with Gasteiger partial charge in [-0.25, -0.2) is 4.79 Å². The average molecular weight is 290 g/mol. The summed E-state index contributed by atoms with van der Waals surface area (Å²) < 4.78 is 5.63. The Balaban J connectivity index is 1.89. The number of carbonyl (C=O) groups is 1. The van der Waals surface area contributed by atoms with Gasteiger partial charge in [-0.15, -0.1) is 0 Å². The van der Waals surface area contributed by atoms with Crippen molar-refractivity contribution in [3.05, 3.63) is 47.5 Å². The van der Waals surface area contributed by atoms with Gasteiger partial charge >= 0.3 is 5.97 Å². The summed E-state index contributed by atoms with van der Waals surface area (Å²) in [5.74, 6) is -0.814. The van der Waals surface area contributed by atoms with E-state index in [9.17, 15) is 4.79 Å². The molecule has 0 fully saturated rings. The van der Waals surface area contributed by atoms with Crippen LogP contribution >= 0.6 is 0 Å². The minimum absolute atomic E-state index is 0.448. The molecule has 0 aliphatic carbocycles. The number of carboxylic acid groups (broad SMARTS) is 1. The van der Waals surface area contributed by atoms with Gasteiger partial charge in [0.15, 0.2) is 0 Å². The van der Waals surface area contributed by atoms with E-state index in [1.807, 2.05) is 24.3 Å². The summed E-state index contributed by atoms with van der Waals surface area (Å²) >= 11 is 0. The number of allylic oxidation sites excluding steroid dienone is 1. The highest BCUT2D eigenvalue weighted by atomic mass is 16.5. The van der Waals surface area contributed by atoms with Crippen LogP contribution in [0.1, 0.15) is 51.0 Å². The third kappa shape index (κ3) is 9.03. The first kappa shape index (κ1) is 17.4. The fraction of sp³-hybridized carbons (Fsp3) is 0.500. The zero-order chi connectivity index (χ0) is 15.3. The summed E-state index contributed by atoms with van der Waals surface area (Å²) in [5, 5.41) is 8.71. The lowest BCUT2D eigenvalue weighted by Crippen LogP contribution is -1.96. The van der Waals surface area contributed by atoms with Crippen LogP contribution in [0.5, 0.6) is 0 Å². The Morgan fingerprint density at radius 2 is 1.76 bits per heavy atom. The molecule has 0 saturated heterocycles. The lowest BCUT2D eigenvalue weighted by atomic mass is 10.1. The molecule has 0 aromatic heterocycles. The maximum absolute atomic E-state index is 10.6. The molecule has 0 radical (unpaired) electrons. The lowest BCUT2D eigenvalue weighted by molar-refractivity contribution is -0.132. The molecule has 0 unspecified atom stereocenters. The van der Waals surface area contributed by atoms with Gasteiger partial charge in [-0.05, 0) is 31.7 Å². The van der Waals surface area contributed by atoms with Gasteiger partial charge in [0.25, 0.3) is 0 Å². The Labute approximate surface area is 127 Å². The molecule has 3 heteroatoms. The van der Waals surface area contributed by atoms with Gasteiger partial charge in [-0.3, -0.25) is 0 Å². The van der Waals surface area contributed by atoms with Crippen LogP contribution in [-0.4, -0.2) is 17.7 Å². The third-order valence-electron chi connectivity index (χ3n) is 3.39. The fourth-order valence-corrected chi connectivity index (χ4v) is 2.05. The van der Waals surface area contributed by atoms with Crippen molar-refractivity contribution in [3.8, 4) is 0 Å². The molecule has 1 rings (SSSR count). The standard InChI is InChI=1S/C18H26O3/c1-16(18(19)20)11-7-4-2-3-5-10-14-21-15-17-12-8-6-9-13-17/h6,8-9,11-13H,2-5,7,10,14-15H2,1H3,(H,19,20)/b16-11+. The molecule has 21 heavy (non-hydrogen) atoms. The van der Waals surface area contributed by atoms with Crippen molar-refractivity contribution < 1.29 is 14.6 Å². The molecule has 0 amide bonds. The van der Waals surface area contributed by atoms with Gasteiger partial charge in [0, 0.05) is 12.2 Å². The topological polar surface area (TPSA) is 46.5 Å². The number of unbranched alkanes of at least 4 members (excludes halogenated alkanes) is 5. The van der Waals surface area contributed by atoms with Crippen LogP contribution in [0.2, 0.25) is 0 Å². The lowest BCUT2D eigenvalue weighted by Gasteiger charge is -2.04. The van der Waals surface area contributed by atoms with E-state index < -0.39 is 5.97 Å². The molecule has 1 aromatic rings. The smallest absolute Gasteiger partial charge is 0.330 e. The van der Waals surface area contributed by atoms with Crippen LogP contribution in [-0.2, 0) is 16.1 Å². The summed E-state index contributed by atoms with van der Waals surface area (Å²) in [4.78, 5) is 10.6. The van der Waals surface area contributed by atoms with Crippen molar-refractivity contribution >= 4 is 5.97 Å². The Morgan fingerprint density at radius 1 is 1.10 bits per heavy atom. The minimum Gasteiger partial charge on any atom is -0.478 e. The van der Waals surface area contributed by atoms with Crippen molar-refractivity contribution in [2.45, 2.75) is 52.1 Å². The minimum atomic E-state index is -0.814. The first-order chi connectivity index (χ1) is 10.2. The van der Waals surface area contributed by atoms with Gasteiger partial charge in [0.2, 0.25) is 0 Å². The Morgan fingerprint density at radius 3 is 2.48 bits per heavy atom. The van der Waals surface area contributed by atoms with E-state index in [1.54, 1.807) is 6.92 Å². The zero-order valence-corrected chi connectivity index (χ0v) is 12.9. The third-order valence-corrected chi connectivity index (χ3v) is 3.39. The largest absolute Gasteiger partial charge is 0.478 e. The van der Waals surface area contributed by atoms with Crippen LogP contribution in [0.4, 0.5) is 0 Å². The first-order valence-electron chi connectivity index (χ1n) is 7.72. The molecule has 1 N–H and O–H groups in total. The summed E-state index contributed by atoms with van der Waals surface area (Å²) in [6.45, 7) is 3.15. The normalized spacial score (nSPS) is 11.6. The number of aliphatic carboxylic acids is 1. The van der Waals surface area contributed by atoms with Crippen LogP contribution in [0, 0.1) is 0 Å².